The van der Waals surface area contributed by atoms with Gasteiger partial charge in [-0.1, -0.05) is 66.7 Å². The molecule has 0 bridgehead atoms. The van der Waals surface area contributed by atoms with E-state index in [0.717, 1.165) is 16.8 Å². The molecule has 0 N–H and O–H groups in total. The largest absolute Gasteiger partial charge is 0.497 e. The number of amides is 2. The van der Waals surface area contributed by atoms with Gasteiger partial charge in [-0.2, -0.15) is 0 Å². The molecule has 0 aromatic heterocycles. The van der Waals surface area contributed by atoms with E-state index in [1.807, 2.05) is 84.9 Å². The predicted octanol–water partition coefficient (Wildman–Crippen LogP) is 5.33. The molecule has 2 amide bonds. The lowest BCUT2D eigenvalue weighted by molar-refractivity contribution is -0.126. The SMILES string of the molecule is COc1cccc(N2C(=O)[C@@H]3[C@H](ON(c4ccccc4)[C@@H]3c3ccc(OCc4ccccc4)cc3)C2=O)c1. The Hall–Kier alpha value is -4.62. The minimum atomic E-state index is -0.937. The van der Waals surface area contributed by atoms with Crippen molar-refractivity contribution in [3.63, 3.8) is 0 Å². The Labute approximate surface area is 220 Å². The first-order chi connectivity index (χ1) is 18.6. The summed E-state index contributed by atoms with van der Waals surface area (Å²) in [5.41, 5.74) is 3.16. The molecule has 0 saturated carbocycles. The number of anilines is 2. The van der Waals surface area contributed by atoms with Crippen LogP contribution in [0.2, 0.25) is 0 Å². The molecule has 7 nitrogen and oxygen atoms in total. The van der Waals surface area contributed by atoms with Gasteiger partial charge in [0.15, 0.2) is 6.10 Å². The lowest BCUT2D eigenvalue weighted by Gasteiger charge is -2.29. The van der Waals surface area contributed by atoms with Crippen LogP contribution >= 0.6 is 0 Å². The van der Waals surface area contributed by atoms with Crippen molar-refractivity contribution >= 4 is 23.2 Å². The van der Waals surface area contributed by atoms with Gasteiger partial charge in [-0.3, -0.25) is 14.4 Å². The topological polar surface area (TPSA) is 68.3 Å². The molecule has 190 valence electrons. The Morgan fingerprint density at radius 1 is 0.737 bits per heavy atom. The summed E-state index contributed by atoms with van der Waals surface area (Å²) in [4.78, 5) is 34.8. The van der Waals surface area contributed by atoms with Gasteiger partial charge in [-0.15, -0.1) is 0 Å². The summed E-state index contributed by atoms with van der Waals surface area (Å²) in [5.74, 6) is -0.133. The number of para-hydroxylation sites is 1. The number of methoxy groups -OCH3 is 1. The van der Waals surface area contributed by atoms with Gasteiger partial charge in [0, 0.05) is 6.07 Å². The lowest BCUT2D eigenvalue weighted by Crippen LogP contribution is -2.37. The zero-order valence-electron chi connectivity index (χ0n) is 20.8. The average Bonchev–Trinajstić information content (AvgIpc) is 3.48. The van der Waals surface area contributed by atoms with Crippen molar-refractivity contribution in [2.24, 2.45) is 5.92 Å². The van der Waals surface area contributed by atoms with E-state index in [9.17, 15) is 9.59 Å². The van der Waals surface area contributed by atoms with E-state index in [2.05, 4.69) is 0 Å². The molecule has 4 aromatic carbocycles. The maximum absolute atomic E-state index is 13.8. The van der Waals surface area contributed by atoms with E-state index in [-0.39, 0.29) is 11.8 Å². The second-order valence-electron chi connectivity index (χ2n) is 9.21. The highest BCUT2D eigenvalue weighted by atomic mass is 16.7. The Balaban J connectivity index is 1.31. The summed E-state index contributed by atoms with van der Waals surface area (Å²) in [7, 11) is 1.55. The van der Waals surface area contributed by atoms with Crippen LogP contribution in [0.25, 0.3) is 0 Å². The third kappa shape index (κ3) is 4.27. The predicted molar refractivity (Wildman–Crippen MR) is 143 cm³/mol. The standard InChI is InChI=1S/C31H26N2O5/c1-36-26-14-8-13-24(19-26)32-30(34)27-28(33(38-29(27)31(32)35)23-11-6-3-7-12-23)22-15-17-25(18-16-22)37-20-21-9-4-2-5-10-21/h2-19,27-29H,20H2,1H3/t27-,28+,29-/m0/s1. The quantitative estimate of drug-likeness (QED) is 0.316. The molecular formula is C31H26N2O5. The summed E-state index contributed by atoms with van der Waals surface area (Å²) in [6, 6.07) is 33.5. The van der Waals surface area contributed by atoms with E-state index in [1.165, 1.54) is 4.90 Å². The molecule has 7 heteroatoms. The van der Waals surface area contributed by atoms with Crippen molar-refractivity contribution in [2.75, 3.05) is 17.1 Å². The first kappa shape index (κ1) is 23.8. The normalized spacial score (nSPS) is 20.5. The molecule has 2 saturated heterocycles. The summed E-state index contributed by atoms with van der Waals surface area (Å²) < 4.78 is 11.3. The van der Waals surface area contributed by atoms with E-state index in [1.54, 1.807) is 36.4 Å². The van der Waals surface area contributed by atoms with Gasteiger partial charge < -0.3 is 9.47 Å². The van der Waals surface area contributed by atoms with Crippen LogP contribution < -0.4 is 19.4 Å². The van der Waals surface area contributed by atoms with Gasteiger partial charge in [-0.25, -0.2) is 9.96 Å². The second kappa shape index (κ2) is 10.0. The van der Waals surface area contributed by atoms with Crippen LogP contribution in [0.4, 0.5) is 11.4 Å². The van der Waals surface area contributed by atoms with Crippen molar-refractivity contribution in [3.05, 3.63) is 120 Å². The number of hydrogen-bond donors (Lipinski definition) is 0. The molecule has 2 heterocycles. The van der Waals surface area contributed by atoms with E-state index in [4.69, 9.17) is 14.3 Å². The molecule has 3 atom stereocenters. The Kier molecular flexibility index (Phi) is 6.27. The minimum Gasteiger partial charge on any atom is -0.497 e. The summed E-state index contributed by atoms with van der Waals surface area (Å²) in [5, 5.41) is 1.69. The third-order valence-electron chi connectivity index (χ3n) is 6.91. The fraction of sp³-hybridized carbons (Fsp3) is 0.161. The summed E-state index contributed by atoms with van der Waals surface area (Å²) in [6.45, 7) is 0.454. The van der Waals surface area contributed by atoms with Gasteiger partial charge in [0.2, 0.25) is 5.91 Å². The lowest BCUT2D eigenvalue weighted by atomic mass is 9.90. The first-order valence-corrected chi connectivity index (χ1v) is 12.4. The van der Waals surface area contributed by atoms with Gasteiger partial charge in [0.1, 0.15) is 24.0 Å². The monoisotopic (exact) mass is 506 g/mol. The molecule has 4 aromatic rings. The first-order valence-electron chi connectivity index (χ1n) is 12.4. The smallest absolute Gasteiger partial charge is 0.266 e. The van der Waals surface area contributed by atoms with Crippen LogP contribution in [-0.2, 0) is 21.0 Å². The number of benzene rings is 4. The van der Waals surface area contributed by atoms with Crippen molar-refractivity contribution in [3.8, 4) is 11.5 Å². The number of carbonyl (C=O) groups excluding carboxylic acids is 2. The van der Waals surface area contributed by atoms with Crippen LogP contribution in [-0.4, -0.2) is 25.0 Å². The zero-order valence-corrected chi connectivity index (χ0v) is 20.8. The van der Waals surface area contributed by atoms with Crippen molar-refractivity contribution < 1.29 is 23.9 Å². The van der Waals surface area contributed by atoms with Crippen LogP contribution in [0.3, 0.4) is 0 Å². The summed E-state index contributed by atoms with van der Waals surface area (Å²) >= 11 is 0. The molecule has 0 spiro atoms. The highest BCUT2D eigenvalue weighted by Gasteiger charge is 2.60. The van der Waals surface area contributed by atoms with Gasteiger partial charge >= 0.3 is 0 Å². The maximum Gasteiger partial charge on any atom is 0.266 e. The molecule has 0 unspecified atom stereocenters. The highest BCUT2D eigenvalue weighted by molar-refractivity contribution is 6.24. The van der Waals surface area contributed by atoms with E-state index in [0.29, 0.717) is 23.8 Å². The van der Waals surface area contributed by atoms with Crippen LogP contribution in [0.5, 0.6) is 11.5 Å². The third-order valence-corrected chi connectivity index (χ3v) is 6.91. The number of imide groups is 1. The van der Waals surface area contributed by atoms with Gasteiger partial charge in [-0.05, 0) is 47.5 Å². The van der Waals surface area contributed by atoms with Crippen LogP contribution in [0, 0.1) is 5.92 Å². The number of rotatable bonds is 7. The average molecular weight is 507 g/mol. The fourth-order valence-electron chi connectivity index (χ4n) is 5.06. The highest BCUT2D eigenvalue weighted by Crippen LogP contribution is 2.48. The molecule has 2 aliphatic heterocycles. The molecule has 38 heavy (non-hydrogen) atoms. The Morgan fingerprint density at radius 3 is 2.13 bits per heavy atom. The van der Waals surface area contributed by atoms with E-state index >= 15 is 0 Å². The van der Waals surface area contributed by atoms with Crippen molar-refractivity contribution in [2.45, 2.75) is 18.8 Å². The second-order valence-corrected chi connectivity index (χ2v) is 9.21. The van der Waals surface area contributed by atoms with Crippen molar-refractivity contribution in [1.29, 1.82) is 0 Å². The van der Waals surface area contributed by atoms with Crippen molar-refractivity contribution in [1.82, 2.24) is 0 Å². The molecule has 2 fully saturated rings. The number of nitrogens with zero attached hydrogens (tertiary/aromatic N) is 2. The number of carbonyl (C=O) groups is 2. The number of hydroxylamine groups is 1. The molecule has 0 aliphatic carbocycles. The molecular weight excluding hydrogens is 480 g/mol. The summed E-state index contributed by atoms with van der Waals surface area (Å²) in [6.07, 6.45) is -0.937. The Bertz CT molecular complexity index is 1440. The zero-order chi connectivity index (χ0) is 26.1. The minimum absolute atomic E-state index is 0.305. The number of fused-ring (bicyclic) bond motifs is 1. The fourth-order valence-corrected chi connectivity index (χ4v) is 5.06. The molecule has 6 rings (SSSR count). The number of hydrogen-bond acceptors (Lipinski definition) is 6. The van der Waals surface area contributed by atoms with Gasteiger partial charge in [0.05, 0.1) is 24.5 Å². The van der Waals surface area contributed by atoms with Gasteiger partial charge in [0.25, 0.3) is 5.91 Å². The number of ether oxygens (including phenoxy) is 2. The molecule has 2 aliphatic rings. The molecule has 0 radical (unpaired) electrons. The maximum atomic E-state index is 13.8. The Morgan fingerprint density at radius 2 is 1.42 bits per heavy atom. The van der Waals surface area contributed by atoms with Crippen LogP contribution in [0.15, 0.2) is 109 Å². The van der Waals surface area contributed by atoms with Crippen LogP contribution in [0.1, 0.15) is 17.2 Å². The van der Waals surface area contributed by atoms with E-state index < -0.39 is 18.1 Å².